The van der Waals surface area contributed by atoms with Gasteiger partial charge in [-0.25, -0.2) is 0 Å². The van der Waals surface area contributed by atoms with Gasteiger partial charge in [-0.3, -0.25) is 0 Å². The predicted molar refractivity (Wildman–Crippen MR) is 84.4 cm³/mol. The molecule has 2 atom stereocenters. The smallest absolute Gasteiger partial charge is 0.0335 e. The van der Waals surface area contributed by atoms with Crippen molar-refractivity contribution in [1.29, 1.82) is 0 Å². The van der Waals surface area contributed by atoms with Crippen molar-refractivity contribution in [1.82, 2.24) is 10.2 Å². The topological polar surface area (TPSA) is 41.3 Å². The fraction of sp³-hybridized carbons (Fsp3) is 1.00. The second kappa shape index (κ2) is 8.23. The molecule has 0 aromatic carbocycles. The number of hydrogen-bond donors (Lipinski definition) is 2. The minimum Gasteiger partial charge on any atom is -0.329 e. The molecular formula is C16H35N3. The summed E-state index contributed by atoms with van der Waals surface area (Å²) in [6.07, 6.45) is 5.30. The molecule has 0 spiro atoms. The molecule has 1 fully saturated rings. The van der Waals surface area contributed by atoms with E-state index in [1.165, 1.54) is 25.7 Å². The standard InChI is InChI=1S/C16H35N3/c1-5-19(6-2)12-11-18-16(13-17)10-8-7-9-15(16)14(3)4/h14-15,18H,5-13,17H2,1-4H3. The third-order valence-electron chi connectivity index (χ3n) is 5.07. The molecule has 19 heavy (non-hydrogen) atoms. The molecule has 1 aliphatic rings. The van der Waals surface area contributed by atoms with Crippen molar-refractivity contribution < 1.29 is 0 Å². The molecular weight excluding hydrogens is 234 g/mol. The first kappa shape index (κ1) is 16.9. The van der Waals surface area contributed by atoms with Crippen molar-refractivity contribution >= 4 is 0 Å². The molecule has 1 rings (SSSR count). The highest BCUT2D eigenvalue weighted by molar-refractivity contribution is 4.99. The van der Waals surface area contributed by atoms with E-state index < -0.39 is 0 Å². The minimum atomic E-state index is 0.194. The summed E-state index contributed by atoms with van der Waals surface area (Å²) in [6.45, 7) is 14.5. The van der Waals surface area contributed by atoms with Crippen LogP contribution in [0.1, 0.15) is 53.4 Å². The summed E-state index contributed by atoms with van der Waals surface area (Å²) in [5, 5.41) is 3.85. The third-order valence-corrected chi connectivity index (χ3v) is 5.07. The molecule has 0 aromatic rings. The Hall–Kier alpha value is -0.120. The number of rotatable bonds is 8. The van der Waals surface area contributed by atoms with Crippen molar-refractivity contribution in [3.63, 3.8) is 0 Å². The molecule has 1 aliphatic carbocycles. The quantitative estimate of drug-likeness (QED) is 0.711. The van der Waals surface area contributed by atoms with Gasteiger partial charge in [0.2, 0.25) is 0 Å². The molecule has 0 aromatic heterocycles. The maximum atomic E-state index is 6.17. The summed E-state index contributed by atoms with van der Waals surface area (Å²) in [5.74, 6) is 1.47. The molecule has 0 aliphatic heterocycles. The first-order valence-electron chi connectivity index (χ1n) is 8.27. The average molecular weight is 269 g/mol. The molecule has 0 bridgehead atoms. The molecule has 1 saturated carbocycles. The van der Waals surface area contributed by atoms with E-state index in [1.807, 2.05) is 0 Å². The van der Waals surface area contributed by atoms with Crippen LogP contribution in [0.3, 0.4) is 0 Å². The van der Waals surface area contributed by atoms with Crippen LogP contribution in [0, 0.1) is 11.8 Å². The van der Waals surface area contributed by atoms with Gasteiger partial charge in [-0.15, -0.1) is 0 Å². The molecule has 3 heteroatoms. The Balaban J connectivity index is 2.57. The average Bonchev–Trinajstić information content (AvgIpc) is 2.43. The Morgan fingerprint density at radius 3 is 2.47 bits per heavy atom. The summed E-state index contributed by atoms with van der Waals surface area (Å²) in [7, 11) is 0. The van der Waals surface area contributed by atoms with Crippen LogP contribution in [-0.4, -0.2) is 43.2 Å². The van der Waals surface area contributed by atoms with Gasteiger partial charge in [0, 0.05) is 25.2 Å². The highest BCUT2D eigenvalue weighted by Crippen LogP contribution is 2.37. The van der Waals surface area contributed by atoms with Crippen LogP contribution in [0.15, 0.2) is 0 Å². The molecule has 0 heterocycles. The molecule has 3 nitrogen and oxygen atoms in total. The van der Waals surface area contributed by atoms with E-state index in [0.717, 1.165) is 44.6 Å². The fourth-order valence-corrected chi connectivity index (χ4v) is 3.79. The van der Waals surface area contributed by atoms with Crippen LogP contribution in [0.5, 0.6) is 0 Å². The monoisotopic (exact) mass is 269 g/mol. The maximum absolute atomic E-state index is 6.17. The predicted octanol–water partition coefficient (Wildman–Crippen LogP) is 2.46. The normalized spacial score (nSPS) is 28.3. The Morgan fingerprint density at radius 2 is 1.95 bits per heavy atom. The molecule has 0 saturated heterocycles. The second-order valence-electron chi connectivity index (χ2n) is 6.41. The maximum Gasteiger partial charge on any atom is 0.0335 e. The highest BCUT2D eigenvalue weighted by Gasteiger charge is 2.40. The van der Waals surface area contributed by atoms with Crippen LogP contribution in [0.25, 0.3) is 0 Å². The lowest BCUT2D eigenvalue weighted by Crippen LogP contribution is -2.60. The molecule has 114 valence electrons. The van der Waals surface area contributed by atoms with Crippen LogP contribution in [0.2, 0.25) is 0 Å². The van der Waals surface area contributed by atoms with Gasteiger partial charge in [-0.2, -0.15) is 0 Å². The van der Waals surface area contributed by atoms with E-state index in [9.17, 15) is 0 Å². The van der Waals surface area contributed by atoms with Gasteiger partial charge in [0.25, 0.3) is 0 Å². The van der Waals surface area contributed by atoms with Crippen molar-refractivity contribution in [3.05, 3.63) is 0 Å². The number of nitrogens with zero attached hydrogens (tertiary/aromatic N) is 1. The minimum absolute atomic E-state index is 0.194. The van der Waals surface area contributed by atoms with Gasteiger partial charge in [0.1, 0.15) is 0 Å². The second-order valence-corrected chi connectivity index (χ2v) is 6.41. The molecule has 0 amide bonds. The largest absolute Gasteiger partial charge is 0.329 e. The molecule has 2 unspecified atom stereocenters. The van der Waals surface area contributed by atoms with Gasteiger partial charge in [0.15, 0.2) is 0 Å². The van der Waals surface area contributed by atoms with Gasteiger partial charge < -0.3 is 16.0 Å². The Bertz CT molecular complexity index is 238. The Morgan fingerprint density at radius 1 is 1.26 bits per heavy atom. The number of likely N-dealkylation sites (N-methyl/N-ethyl adjacent to an activating group) is 1. The van der Waals surface area contributed by atoms with E-state index in [1.54, 1.807) is 0 Å². The van der Waals surface area contributed by atoms with E-state index in [0.29, 0.717) is 0 Å². The zero-order chi connectivity index (χ0) is 14.3. The number of hydrogen-bond acceptors (Lipinski definition) is 3. The lowest BCUT2D eigenvalue weighted by atomic mass is 9.68. The van der Waals surface area contributed by atoms with E-state index in [4.69, 9.17) is 5.73 Å². The number of nitrogens with two attached hydrogens (primary N) is 1. The summed E-state index contributed by atoms with van der Waals surface area (Å²) in [5.41, 5.74) is 6.37. The van der Waals surface area contributed by atoms with Crippen LogP contribution >= 0.6 is 0 Å². The lowest BCUT2D eigenvalue weighted by Gasteiger charge is -2.47. The van der Waals surface area contributed by atoms with Gasteiger partial charge >= 0.3 is 0 Å². The van der Waals surface area contributed by atoms with Gasteiger partial charge in [0.05, 0.1) is 0 Å². The van der Waals surface area contributed by atoms with Gasteiger partial charge in [-0.1, -0.05) is 40.5 Å². The summed E-state index contributed by atoms with van der Waals surface area (Å²) < 4.78 is 0. The molecule has 0 radical (unpaired) electrons. The summed E-state index contributed by atoms with van der Waals surface area (Å²) in [4.78, 5) is 2.48. The van der Waals surface area contributed by atoms with Crippen LogP contribution < -0.4 is 11.1 Å². The van der Waals surface area contributed by atoms with Crippen LogP contribution in [-0.2, 0) is 0 Å². The zero-order valence-corrected chi connectivity index (χ0v) is 13.5. The van der Waals surface area contributed by atoms with Crippen molar-refractivity contribution in [3.8, 4) is 0 Å². The first-order valence-corrected chi connectivity index (χ1v) is 8.27. The van der Waals surface area contributed by atoms with Crippen LogP contribution in [0.4, 0.5) is 0 Å². The van der Waals surface area contributed by atoms with E-state index >= 15 is 0 Å². The first-order chi connectivity index (χ1) is 9.09. The Labute approximate surface area is 120 Å². The fourth-order valence-electron chi connectivity index (χ4n) is 3.79. The van der Waals surface area contributed by atoms with E-state index in [2.05, 4.69) is 37.9 Å². The van der Waals surface area contributed by atoms with Gasteiger partial charge in [-0.05, 0) is 37.8 Å². The zero-order valence-electron chi connectivity index (χ0n) is 13.5. The van der Waals surface area contributed by atoms with Crippen molar-refractivity contribution in [2.75, 3.05) is 32.7 Å². The van der Waals surface area contributed by atoms with Crippen molar-refractivity contribution in [2.45, 2.75) is 58.9 Å². The number of nitrogens with one attached hydrogen (secondary N) is 1. The van der Waals surface area contributed by atoms with Crippen molar-refractivity contribution in [2.24, 2.45) is 17.6 Å². The summed E-state index contributed by atoms with van der Waals surface area (Å²) >= 11 is 0. The lowest BCUT2D eigenvalue weighted by molar-refractivity contribution is 0.105. The molecule has 3 N–H and O–H groups in total. The highest BCUT2D eigenvalue weighted by atomic mass is 15.1. The summed E-state index contributed by atoms with van der Waals surface area (Å²) in [6, 6.07) is 0. The van der Waals surface area contributed by atoms with E-state index in [-0.39, 0.29) is 5.54 Å². The Kier molecular flexibility index (Phi) is 7.33. The SMILES string of the molecule is CCN(CC)CCNC1(CN)CCCCC1C(C)C. The third kappa shape index (κ3) is 4.44.